The van der Waals surface area contributed by atoms with Crippen molar-refractivity contribution in [3.8, 4) is 0 Å². The Kier molecular flexibility index (Phi) is 6.00. The molecular weight excluding hydrogens is 347 g/mol. The second-order valence-corrected chi connectivity index (χ2v) is 7.32. The highest BCUT2D eigenvalue weighted by atomic mass is 32.2. The Labute approximate surface area is 138 Å². The Balaban J connectivity index is 2.36. The summed E-state index contributed by atoms with van der Waals surface area (Å²) in [6.07, 6.45) is -2.42. The molecule has 0 radical (unpaired) electrons. The van der Waals surface area contributed by atoms with Crippen LogP contribution in [0.3, 0.4) is 0 Å². The van der Waals surface area contributed by atoms with E-state index in [-0.39, 0.29) is 19.8 Å². The van der Waals surface area contributed by atoms with Crippen LogP contribution in [0.15, 0.2) is 29.2 Å². The van der Waals surface area contributed by atoms with E-state index in [9.17, 15) is 26.4 Å². The molecule has 1 aromatic carbocycles. The molecule has 1 aliphatic heterocycles. The maximum absolute atomic E-state index is 13.1. The van der Waals surface area contributed by atoms with Crippen LogP contribution < -0.4 is 0 Å². The topological polar surface area (TPSA) is 63.7 Å². The number of aldehydes is 1. The predicted octanol–water partition coefficient (Wildman–Crippen LogP) is 2.46. The minimum absolute atomic E-state index is 0.0217. The van der Waals surface area contributed by atoms with Crippen molar-refractivity contribution in [2.24, 2.45) is 0 Å². The molecule has 24 heavy (non-hydrogen) atoms. The molecule has 5 nitrogen and oxygen atoms in total. The highest BCUT2D eigenvalue weighted by Gasteiger charge is 2.41. The number of piperidine rings is 1. The van der Waals surface area contributed by atoms with E-state index in [2.05, 4.69) is 0 Å². The van der Waals surface area contributed by atoms with Gasteiger partial charge in [-0.2, -0.15) is 17.5 Å². The zero-order valence-electron chi connectivity index (χ0n) is 12.8. The lowest BCUT2D eigenvalue weighted by Crippen LogP contribution is -2.46. The molecule has 9 heteroatoms. The van der Waals surface area contributed by atoms with E-state index < -0.39 is 32.7 Å². The van der Waals surface area contributed by atoms with Crippen LogP contribution in [0.5, 0.6) is 0 Å². The van der Waals surface area contributed by atoms with Gasteiger partial charge in [-0.1, -0.05) is 18.6 Å². The number of halogens is 3. The zero-order valence-corrected chi connectivity index (χ0v) is 13.6. The Hall–Kier alpha value is -1.45. The van der Waals surface area contributed by atoms with Gasteiger partial charge in [0.1, 0.15) is 12.9 Å². The Morgan fingerprint density at radius 1 is 1.25 bits per heavy atom. The smallest absolute Gasteiger partial charge is 0.372 e. The van der Waals surface area contributed by atoms with Crippen molar-refractivity contribution in [2.75, 3.05) is 19.8 Å². The van der Waals surface area contributed by atoms with E-state index in [1.54, 1.807) is 0 Å². The van der Waals surface area contributed by atoms with Crippen LogP contribution in [-0.4, -0.2) is 44.8 Å². The first-order valence-electron chi connectivity index (χ1n) is 7.48. The van der Waals surface area contributed by atoms with Crippen molar-refractivity contribution >= 4 is 16.3 Å². The summed E-state index contributed by atoms with van der Waals surface area (Å²) >= 11 is 0. The Morgan fingerprint density at radius 3 is 2.62 bits per heavy atom. The second-order valence-electron chi connectivity index (χ2n) is 5.46. The third-order valence-corrected chi connectivity index (χ3v) is 5.86. The number of hydrogen-bond donors (Lipinski definition) is 0. The lowest BCUT2D eigenvalue weighted by Gasteiger charge is -2.34. The average molecular weight is 365 g/mol. The molecule has 134 valence electrons. The van der Waals surface area contributed by atoms with Gasteiger partial charge in [-0.3, -0.25) is 0 Å². The van der Waals surface area contributed by atoms with Crippen LogP contribution in [0.25, 0.3) is 0 Å². The SMILES string of the molecule is O=CCOCC1CCCCN1S(=O)(=O)c1ccccc1C(F)(F)F. The third kappa shape index (κ3) is 4.14. The normalized spacial score (nSPS) is 20.0. The van der Waals surface area contributed by atoms with Crippen LogP contribution >= 0.6 is 0 Å². The summed E-state index contributed by atoms with van der Waals surface area (Å²) < 4.78 is 71.2. The van der Waals surface area contributed by atoms with Crippen LogP contribution in [0.4, 0.5) is 13.2 Å². The number of carbonyl (C=O) groups excluding carboxylic acids is 1. The molecule has 0 N–H and O–H groups in total. The fraction of sp³-hybridized carbons (Fsp3) is 0.533. The quantitative estimate of drug-likeness (QED) is 0.574. The number of rotatable bonds is 6. The molecule has 1 heterocycles. The maximum Gasteiger partial charge on any atom is 0.417 e. The van der Waals surface area contributed by atoms with Crippen LogP contribution in [0, 0.1) is 0 Å². The molecule has 2 rings (SSSR count). The van der Waals surface area contributed by atoms with Gasteiger partial charge in [0.25, 0.3) is 0 Å². The fourth-order valence-electron chi connectivity index (χ4n) is 2.76. The largest absolute Gasteiger partial charge is 0.417 e. The molecule has 0 aromatic heterocycles. The van der Waals surface area contributed by atoms with Crippen molar-refractivity contribution in [2.45, 2.75) is 36.4 Å². The minimum atomic E-state index is -4.76. The van der Waals surface area contributed by atoms with Crippen LogP contribution in [-0.2, 0) is 25.7 Å². The summed E-state index contributed by atoms with van der Waals surface area (Å²) in [6.45, 7) is -0.0701. The standard InChI is InChI=1S/C15H18F3NO4S/c16-15(17,18)13-6-1-2-7-14(13)24(21,22)19-8-4-3-5-12(19)11-23-10-9-20/h1-2,6-7,9,12H,3-5,8,10-11H2. The van der Waals surface area contributed by atoms with E-state index in [1.165, 1.54) is 6.07 Å². The maximum atomic E-state index is 13.1. The lowest BCUT2D eigenvalue weighted by molar-refractivity contribution is -0.140. The first-order chi connectivity index (χ1) is 11.3. The van der Waals surface area contributed by atoms with Gasteiger partial charge in [0.15, 0.2) is 0 Å². The second kappa shape index (κ2) is 7.62. The van der Waals surface area contributed by atoms with Gasteiger partial charge >= 0.3 is 6.18 Å². The Bertz CT molecular complexity index is 676. The van der Waals surface area contributed by atoms with Crippen molar-refractivity contribution in [1.82, 2.24) is 4.31 Å². The van der Waals surface area contributed by atoms with Crippen LogP contribution in [0.1, 0.15) is 24.8 Å². The zero-order chi connectivity index (χ0) is 17.8. The van der Waals surface area contributed by atoms with Crippen molar-refractivity contribution in [1.29, 1.82) is 0 Å². The molecule has 1 aliphatic rings. The number of nitrogens with zero attached hydrogens (tertiary/aromatic N) is 1. The summed E-state index contributed by atoms with van der Waals surface area (Å²) in [7, 11) is -4.32. The van der Waals surface area contributed by atoms with Gasteiger partial charge in [0, 0.05) is 12.6 Å². The van der Waals surface area contributed by atoms with Gasteiger partial charge in [-0.25, -0.2) is 8.42 Å². The number of hydrogen-bond acceptors (Lipinski definition) is 4. The highest BCUT2D eigenvalue weighted by molar-refractivity contribution is 7.89. The first-order valence-corrected chi connectivity index (χ1v) is 8.92. The lowest BCUT2D eigenvalue weighted by atomic mass is 10.1. The molecular formula is C15H18F3NO4S. The predicted molar refractivity (Wildman–Crippen MR) is 79.9 cm³/mol. The molecule has 1 aromatic rings. The number of benzene rings is 1. The molecule has 0 bridgehead atoms. The minimum Gasteiger partial charge on any atom is -0.372 e. The molecule has 1 saturated heterocycles. The van der Waals surface area contributed by atoms with Crippen LogP contribution in [0.2, 0.25) is 0 Å². The number of alkyl halides is 3. The number of carbonyl (C=O) groups is 1. The third-order valence-electron chi connectivity index (χ3n) is 3.85. The summed E-state index contributed by atoms with van der Waals surface area (Å²) in [6, 6.07) is 3.57. The average Bonchev–Trinajstić information content (AvgIpc) is 2.55. The monoisotopic (exact) mass is 365 g/mol. The van der Waals surface area contributed by atoms with Gasteiger partial charge in [-0.15, -0.1) is 0 Å². The van der Waals surface area contributed by atoms with E-state index in [0.717, 1.165) is 28.9 Å². The molecule has 0 spiro atoms. The molecule has 0 aliphatic carbocycles. The molecule has 1 unspecified atom stereocenters. The molecule has 1 atom stereocenters. The van der Waals surface area contributed by atoms with E-state index in [1.807, 2.05) is 0 Å². The van der Waals surface area contributed by atoms with E-state index >= 15 is 0 Å². The van der Waals surface area contributed by atoms with Crippen molar-refractivity contribution < 1.29 is 31.1 Å². The van der Waals surface area contributed by atoms with E-state index in [0.29, 0.717) is 19.1 Å². The van der Waals surface area contributed by atoms with Gasteiger partial charge < -0.3 is 9.53 Å². The fourth-order valence-corrected chi connectivity index (χ4v) is 4.65. The van der Waals surface area contributed by atoms with Gasteiger partial charge in [0.05, 0.1) is 17.1 Å². The summed E-state index contributed by atoms with van der Waals surface area (Å²) in [4.78, 5) is 9.57. The number of sulfonamides is 1. The summed E-state index contributed by atoms with van der Waals surface area (Å²) in [5.74, 6) is 0. The first kappa shape index (κ1) is 18.9. The van der Waals surface area contributed by atoms with E-state index in [4.69, 9.17) is 4.74 Å². The van der Waals surface area contributed by atoms with Crippen molar-refractivity contribution in [3.63, 3.8) is 0 Å². The summed E-state index contributed by atoms with van der Waals surface area (Å²) in [5, 5.41) is 0. The molecule has 0 saturated carbocycles. The number of ether oxygens (including phenoxy) is 1. The Morgan fingerprint density at radius 2 is 1.96 bits per heavy atom. The van der Waals surface area contributed by atoms with Gasteiger partial charge in [-0.05, 0) is 25.0 Å². The molecule has 1 fully saturated rings. The van der Waals surface area contributed by atoms with Gasteiger partial charge in [0.2, 0.25) is 10.0 Å². The van der Waals surface area contributed by atoms with Crippen molar-refractivity contribution in [3.05, 3.63) is 29.8 Å². The molecule has 0 amide bonds. The summed E-state index contributed by atoms with van der Waals surface area (Å²) in [5.41, 5.74) is -1.18. The highest BCUT2D eigenvalue weighted by Crippen LogP contribution is 2.36.